The summed E-state index contributed by atoms with van der Waals surface area (Å²) in [5, 5.41) is 3.04. The standard InChI is InChI=1S/C15H20N4/c1-11-18-13-5-3-4-6-14(13)19(11)10-12-7-8-15(16-2)17-9-12/h7-9H,3-6,10H2,1-2H3,(H,16,17). The van der Waals surface area contributed by atoms with Crippen molar-refractivity contribution in [2.45, 2.75) is 39.2 Å². The molecule has 1 N–H and O–H groups in total. The van der Waals surface area contributed by atoms with E-state index in [1.165, 1.54) is 29.8 Å². The lowest BCUT2D eigenvalue weighted by atomic mass is 10.0. The van der Waals surface area contributed by atoms with E-state index >= 15 is 0 Å². The third kappa shape index (κ3) is 2.35. The lowest BCUT2D eigenvalue weighted by Gasteiger charge is -2.15. The average Bonchev–Trinajstić information content (AvgIpc) is 2.76. The van der Waals surface area contributed by atoms with Gasteiger partial charge in [-0.1, -0.05) is 6.07 Å². The van der Waals surface area contributed by atoms with Gasteiger partial charge in [-0.05, 0) is 44.2 Å². The van der Waals surface area contributed by atoms with Crippen molar-refractivity contribution in [3.8, 4) is 0 Å². The Morgan fingerprint density at radius 2 is 2.11 bits per heavy atom. The van der Waals surface area contributed by atoms with Gasteiger partial charge in [0.25, 0.3) is 0 Å². The molecule has 100 valence electrons. The second-order valence-electron chi connectivity index (χ2n) is 5.15. The van der Waals surface area contributed by atoms with E-state index in [4.69, 9.17) is 4.98 Å². The monoisotopic (exact) mass is 256 g/mol. The van der Waals surface area contributed by atoms with E-state index in [0.717, 1.165) is 31.0 Å². The molecule has 2 aromatic heterocycles. The van der Waals surface area contributed by atoms with Crippen LogP contribution < -0.4 is 5.32 Å². The molecule has 1 aliphatic carbocycles. The molecule has 0 atom stereocenters. The molecule has 2 heterocycles. The van der Waals surface area contributed by atoms with Crippen molar-refractivity contribution in [3.63, 3.8) is 0 Å². The van der Waals surface area contributed by atoms with Gasteiger partial charge in [0, 0.05) is 18.9 Å². The normalized spacial score (nSPS) is 14.2. The molecule has 1 aliphatic rings. The Kier molecular flexibility index (Phi) is 3.23. The summed E-state index contributed by atoms with van der Waals surface area (Å²) in [4.78, 5) is 9.09. The van der Waals surface area contributed by atoms with Crippen molar-refractivity contribution in [2.24, 2.45) is 0 Å². The van der Waals surface area contributed by atoms with Gasteiger partial charge >= 0.3 is 0 Å². The number of anilines is 1. The molecule has 0 radical (unpaired) electrons. The third-order valence-corrected chi connectivity index (χ3v) is 3.85. The smallest absolute Gasteiger partial charge is 0.125 e. The van der Waals surface area contributed by atoms with E-state index < -0.39 is 0 Å². The minimum absolute atomic E-state index is 0.880. The van der Waals surface area contributed by atoms with E-state index in [2.05, 4.69) is 27.9 Å². The first kappa shape index (κ1) is 12.2. The number of imidazole rings is 1. The second-order valence-corrected chi connectivity index (χ2v) is 5.15. The Hall–Kier alpha value is -1.84. The van der Waals surface area contributed by atoms with E-state index in [1.807, 2.05) is 19.3 Å². The van der Waals surface area contributed by atoms with Gasteiger partial charge in [-0.15, -0.1) is 0 Å². The van der Waals surface area contributed by atoms with E-state index in [0.29, 0.717) is 0 Å². The minimum Gasteiger partial charge on any atom is -0.373 e. The summed E-state index contributed by atoms with van der Waals surface area (Å²) in [6.45, 7) is 2.98. The van der Waals surface area contributed by atoms with Crippen LogP contribution in [-0.4, -0.2) is 21.6 Å². The highest BCUT2D eigenvalue weighted by molar-refractivity contribution is 5.34. The van der Waals surface area contributed by atoms with Crippen LogP contribution in [0.15, 0.2) is 18.3 Å². The predicted octanol–water partition coefficient (Wildman–Crippen LogP) is 2.56. The number of hydrogen-bond donors (Lipinski definition) is 1. The van der Waals surface area contributed by atoms with E-state index in [9.17, 15) is 0 Å². The summed E-state index contributed by atoms with van der Waals surface area (Å²) in [6.07, 6.45) is 6.82. The number of aromatic nitrogens is 3. The maximum Gasteiger partial charge on any atom is 0.125 e. The Labute approximate surface area is 113 Å². The number of rotatable bonds is 3. The molecule has 0 unspecified atom stereocenters. The molecular formula is C15H20N4. The number of hydrogen-bond acceptors (Lipinski definition) is 3. The van der Waals surface area contributed by atoms with Gasteiger partial charge in [0.05, 0.1) is 12.2 Å². The van der Waals surface area contributed by atoms with Crippen LogP contribution in [0.5, 0.6) is 0 Å². The molecule has 3 rings (SSSR count). The van der Waals surface area contributed by atoms with Crippen molar-refractivity contribution < 1.29 is 0 Å². The molecule has 0 bridgehead atoms. The van der Waals surface area contributed by atoms with Crippen LogP contribution in [-0.2, 0) is 19.4 Å². The minimum atomic E-state index is 0.880. The molecule has 0 saturated carbocycles. The van der Waals surface area contributed by atoms with Crippen molar-refractivity contribution in [2.75, 3.05) is 12.4 Å². The van der Waals surface area contributed by atoms with Crippen molar-refractivity contribution in [3.05, 3.63) is 41.1 Å². The number of fused-ring (bicyclic) bond motifs is 1. The summed E-state index contributed by atoms with van der Waals surface area (Å²) in [5.41, 5.74) is 3.97. The van der Waals surface area contributed by atoms with Crippen LogP contribution in [0.1, 0.15) is 35.6 Å². The Balaban J connectivity index is 1.88. The van der Waals surface area contributed by atoms with Gasteiger partial charge in [-0.2, -0.15) is 0 Å². The molecule has 4 heteroatoms. The van der Waals surface area contributed by atoms with Gasteiger partial charge in [-0.3, -0.25) is 0 Å². The van der Waals surface area contributed by atoms with Gasteiger partial charge in [0.15, 0.2) is 0 Å². The van der Waals surface area contributed by atoms with Gasteiger partial charge in [-0.25, -0.2) is 9.97 Å². The molecule has 2 aromatic rings. The number of aryl methyl sites for hydroxylation is 2. The fraction of sp³-hybridized carbons (Fsp3) is 0.467. The lowest BCUT2D eigenvalue weighted by molar-refractivity contribution is 0.624. The van der Waals surface area contributed by atoms with Gasteiger partial charge in [0.1, 0.15) is 11.6 Å². The fourth-order valence-corrected chi connectivity index (χ4v) is 2.79. The van der Waals surface area contributed by atoms with Crippen LogP contribution in [0.25, 0.3) is 0 Å². The Bertz CT molecular complexity index is 569. The van der Waals surface area contributed by atoms with Crippen LogP contribution >= 0.6 is 0 Å². The van der Waals surface area contributed by atoms with Crippen LogP contribution in [0.3, 0.4) is 0 Å². The molecule has 0 spiro atoms. The summed E-state index contributed by atoms with van der Waals surface area (Å²) in [7, 11) is 1.89. The maximum atomic E-state index is 4.71. The van der Waals surface area contributed by atoms with Crippen LogP contribution in [0, 0.1) is 6.92 Å². The molecule has 0 amide bonds. The van der Waals surface area contributed by atoms with Gasteiger partial charge in [0.2, 0.25) is 0 Å². The lowest BCUT2D eigenvalue weighted by Crippen LogP contribution is -2.10. The Morgan fingerprint density at radius 1 is 1.26 bits per heavy atom. The zero-order valence-corrected chi connectivity index (χ0v) is 11.6. The van der Waals surface area contributed by atoms with Crippen molar-refractivity contribution in [1.29, 1.82) is 0 Å². The first-order valence-corrected chi connectivity index (χ1v) is 6.95. The second kappa shape index (κ2) is 5.03. The first-order valence-electron chi connectivity index (χ1n) is 6.95. The maximum absolute atomic E-state index is 4.71. The fourth-order valence-electron chi connectivity index (χ4n) is 2.79. The summed E-state index contributed by atoms with van der Waals surface area (Å²) in [6, 6.07) is 4.15. The summed E-state index contributed by atoms with van der Waals surface area (Å²) >= 11 is 0. The molecule has 0 fully saturated rings. The largest absolute Gasteiger partial charge is 0.373 e. The predicted molar refractivity (Wildman–Crippen MR) is 76.5 cm³/mol. The topological polar surface area (TPSA) is 42.7 Å². The summed E-state index contributed by atoms with van der Waals surface area (Å²) < 4.78 is 2.35. The quantitative estimate of drug-likeness (QED) is 0.917. The van der Waals surface area contributed by atoms with Crippen LogP contribution in [0.2, 0.25) is 0 Å². The number of nitrogens with zero attached hydrogens (tertiary/aromatic N) is 3. The highest BCUT2D eigenvalue weighted by Gasteiger charge is 2.17. The molecule has 19 heavy (non-hydrogen) atoms. The van der Waals surface area contributed by atoms with Crippen molar-refractivity contribution in [1.82, 2.24) is 14.5 Å². The molecular weight excluding hydrogens is 236 g/mol. The SMILES string of the molecule is CNc1ccc(Cn2c(C)nc3c2CCCC3)cn1. The zero-order valence-electron chi connectivity index (χ0n) is 11.6. The Morgan fingerprint density at radius 3 is 2.84 bits per heavy atom. The molecule has 0 saturated heterocycles. The van der Waals surface area contributed by atoms with Crippen molar-refractivity contribution >= 4 is 5.82 Å². The molecule has 0 aromatic carbocycles. The van der Waals surface area contributed by atoms with Gasteiger partial charge < -0.3 is 9.88 Å². The first-order chi connectivity index (χ1) is 9.28. The number of nitrogens with one attached hydrogen (secondary N) is 1. The molecule has 4 nitrogen and oxygen atoms in total. The zero-order chi connectivity index (χ0) is 13.2. The highest BCUT2D eigenvalue weighted by Crippen LogP contribution is 2.23. The third-order valence-electron chi connectivity index (χ3n) is 3.85. The number of pyridine rings is 1. The highest BCUT2D eigenvalue weighted by atomic mass is 15.1. The van der Waals surface area contributed by atoms with Crippen LogP contribution in [0.4, 0.5) is 5.82 Å². The van der Waals surface area contributed by atoms with E-state index in [1.54, 1.807) is 0 Å². The van der Waals surface area contributed by atoms with E-state index in [-0.39, 0.29) is 0 Å². The molecule has 0 aliphatic heterocycles. The summed E-state index contributed by atoms with van der Waals surface area (Å²) in [5.74, 6) is 2.04. The average molecular weight is 256 g/mol.